The molecule has 2 aliphatic rings. The number of anilines is 1. The first kappa shape index (κ1) is 20.6. The predicted molar refractivity (Wildman–Crippen MR) is 111 cm³/mol. The number of hydrogen-bond acceptors (Lipinski definition) is 7. The number of carbonyl (C=O) groups excluding carboxylic acids is 2. The van der Waals surface area contributed by atoms with Gasteiger partial charge < -0.3 is 14.5 Å². The largest absolute Gasteiger partial charge is 0.466 e. The van der Waals surface area contributed by atoms with Gasteiger partial charge in [-0.05, 0) is 51.2 Å². The number of esters is 1. The van der Waals surface area contributed by atoms with Gasteiger partial charge in [0.25, 0.3) is 0 Å². The summed E-state index contributed by atoms with van der Waals surface area (Å²) in [5, 5.41) is 13.2. The lowest BCUT2D eigenvalue weighted by Gasteiger charge is -2.30. The fourth-order valence-corrected chi connectivity index (χ4v) is 4.27. The molecule has 9 heteroatoms. The van der Waals surface area contributed by atoms with Gasteiger partial charge in [-0.1, -0.05) is 0 Å². The van der Waals surface area contributed by atoms with Crippen LogP contribution < -0.4 is 4.90 Å². The van der Waals surface area contributed by atoms with E-state index in [0.717, 1.165) is 18.9 Å². The molecule has 0 aliphatic carbocycles. The number of ether oxygens (including phenoxy) is 1. The number of aryl methyl sites for hydroxylation is 1. The molecular formula is C21H30N6O3. The first-order valence-corrected chi connectivity index (χ1v) is 11.1. The Morgan fingerprint density at radius 1 is 1.07 bits per heavy atom. The van der Waals surface area contributed by atoms with Gasteiger partial charge in [0.05, 0.1) is 12.5 Å². The summed E-state index contributed by atoms with van der Waals surface area (Å²) in [5.41, 5.74) is 0.702. The quantitative estimate of drug-likeness (QED) is 0.666. The smallest absolute Gasteiger partial charge is 0.309 e. The highest BCUT2D eigenvalue weighted by Gasteiger charge is 2.28. The minimum absolute atomic E-state index is 0.0845. The maximum atomic E-state index is 12.7. The summed E-state index contributed by atoms with van der Waals surface area (Å²) in [7, 11) is 0. The molecule has 0 N–H and O–H groups in total. The van der Waals surface area contributed by atoms with Crippen LogP contribution in [-0.2, 0) is 20.7 Å². The van der Waals surface area contributed by atoms with E-state index in [4.69, 9.17) is 9.84 Å². The van der Waals surface area contributed by atoms with E-state index < -0.39 is 0 Å². The summed E-state index contributed by atoms with van der Waals surface area (Å²) in [6.07, 6.45) is 5.84. The summed E-state index contributed by atoms with van der Waals surface area (Å²) in [5.74, 6) is 1.50. The number of likely N-dealkylation sites (tertiary alicyclic amines) is 1. The Morgan fingerprint density at radius 3 is 2.57 bits per heavy atom. The molecule has 9 nitrogen and oxygen atoms in total. The highest BCUT2D eigenvalue weighted by molar-refractivity contribution is 5.77. The van der Waals surface area contributed by atoms with Gasteiger partial charge in [0.15, 0.2) is 11.5 Å². The Morgan fingerprint density at radius 2 is 1.83 bits per heavy atom. The van der Waals surface area contributed by atoms with Crippen LogP contribution in [-0.4, -0.2) is 69.4 Å². The number of rotatable bonds is 6. The number of aromatic nitrogens is 4. The number of fused-ring (bicyclic) bond motifs is 1. The minimum atomic E-state index is -0.143. The fourth-order valence-electron chi connectivity index (χ4n) is 4.27. The lowest BCUT2D eigenvalue weighted by atomic mass is 9.96. The normalized spacial score (nSPS) is 18.0. The second-order valence-electron chi connectivity index (χ2n) is 8.03. The molecule has 0 spiro atoms. The highest BCUT2D eigenvalue weighted by atomic mass is 16.5. The zero-order valence-corrected chi connectivity index (χ0v) is 17.6. The van der Waals surface area contributed by atoms with E-state index in [-0.39, 0.29) is 17.8 Å². The molecule has 0 aromatic carbocycles. The van der Waals surface area contributed by atoms with E-state index in [1.807, 2.05) is 24.0 Å². The molecule has 0 bridgehead atoms. The lowest BCUT2D eigenvalue weighted by Crippen LogP contribution is -2.40. The van der Waals surface area contributed by atoms with Crippen molar-refractivity contribution >= 4 is 23.3 Å². The average molecular weight is 415 g/mol. The molecule has 2 aromatic heterocycles. The third-order valence-electron chi connectivity index (χ3n) is 6.02. The van der Waals surface area contributed by atoms with Gasteiger partial charge in [-0.15, -0.1) is 15.3 Å². The lowest BCUT2D eigenvalue weighted by molar-refractivity contribution is -0.151. The van der Waals surface area contributed by atoms with Crippen LogP contribution in [0.2, 0.25) is 0 Å². The number of amides is 1. The molecule has 0 atom stereocenters. The van der Waals surface area contributed by atoms with Crippen molar-refractivity contribution in [1.29, 1.82) is 0 Å². The summed E-state index contributed by atoms with van der Waals surface area (Å²) in [6, 6.07) is 3.94. The molecule has 2 aromatic rings. The molecule has 162 valence electrons. The van der Waals surface area contributed by atoms with Crippen molar-refractivity contribution in [2.75, 3.05) is 37.7 Å². The van der Waals surface area contributed by atoms with Crippen molar-refractivity contribution in [2.45, 2.75) is 51.9 Å². The van der Waals surface area contributed by atoms with Crippen LogP contribution >= 0.6 is 0 Å². The number of hydrogen-bond donors (Lipinski definition) is 0. The van der Waals surface area contributed by atoms with Gasteiger partial charge >= 0.3 is 5.97 Å². The van der Waals surface area contributed by atoms with Gasteiger partial charge in [-0.25, -0.2) is 0 Å². The topological polar surface area (TPSA) is 92.9 Å². The summed E-state index contributed by atoms with van der Waals surface area (Å²) in [6.45, 7) is 5.46. The van der Waals surface area contributed by atoms with Crippen LogP contribution in [0.25, 0.3) is 5.65 Å². The Kier molecular flexibility index (Phi) is 6.44. The Balaban J connectivity index is 1.34. The van der Waals surface area contributed by atoms with Crippen molar-refractivity contribution in [3.8, 4) is 0 Å². The zero-order valence-electron chi connectivity index (χ0n) is 17.6. The summed E-state index contributed by atoms with van der Waals surface area (Å²) < 4.78 is 6.87. The van der Waals surface area contributed by atoms with E-state index in [9.17, 15) is 9.59 Å². The average Bonchev–Trinajstić information content (AvgIpc) is 3.20. The maximum absolute atomic E-state index is 12.7. The van der Waals surface area contributed by atoms with Gasteiger partial charge in [0.1, 0.15) is 5.82 Å². The van der Waals surface area contributed by atoms with Crippen molar-refractivity contribution in [2.24, 2.45) is 5.92 Å². The van der Waals surface area contributed by atoms with Crippen LogP contribution in [0.1, 0.15) is 51.3 Å². The van der Waals surface area contributed by atoms with E-state index in [1.54, 1.807) is 4.52 Å². The number of carbonyl (C=O) groups is 2. The third-order valence-corrected chi connectivity index (χ3v) is 6.02. The van der Waals surface area contributed by atoms with Gasteiger partial charge in [-0.2, -0.15) is 4.52 Å². The molecule has 4 rings (SSSR count). The minimum Gasteiger partial charge on any atom is -0.466 e. The highest BCUT2D eigenvalue weighted by Crippen LogP contribution is 2.20. The zero-order chi connectivity index (χ0) is 20.9. The van der Waals surface area contributed by atoms with Gasteiger partial charge in [0.2, 0.25) is 5.91 Å². The summed E-state index contributed by atoms with van der Waals surface area (Å²) >= 11 is 0. The second kappa shape index (κ2) is 9.40. The van der Waals surface area contributed by atoms with Crippen LogP contribution in [0, 0.1) is 5.92 Å². The van der Waals surface area contributed by atoms with E-state index in [2.05, 4.69) is 15.1 Å². The Bertz CT molecular complexity index is 884. The third kappa shape index (κ3) is 4.55. The Hall–Kier alpha value is -2.71. The van der Waals surface area contributed by atoms with Gasteiger partial charge in [0, 0.05) is 39.0 Å². The SMILES string of the molecule is CCOC(=O)C1CCN(C(=O)CCc2nnc3ccc(N4CCCCC4)nn23)CC1. The summed E-state index contributed by atoms with van der Waals surface area (Å²) in [4.78, 5) is 28.7. The molecule has 2 aliphatic heterocycles. The number of nitrogens with zero attached hydrogens (tertiary/aromatic N) is 6. The molecule has 2 fully saturated rings. The molecule has 2 saturated heterocycles. The molecule has 4 heterocycles. The molecule has 0 radical (unpaired) electrons. The monoisotopic (exact) mass is 414 g/mol. The molecule has 0 unspecified atom stereocenters. The van der Waals surface area contributed by atoms with Crippen LogP contribution in [0.3, 0.4) is 0 Å². The van der Waals surface area contributed by atoms with Crippen LogP contribution in [0.15, 0.2) is 12.1 Å². The maximum Gasteiger partial charge on any atom is 0.309 e. The van der Waals surface area contributed by atoms with Gasteiger partial charge in [-0.3, -0.25) is 9.59 Å². The molecule has 0 saturated carbocycles. The van der Waals surface area contributed by atoms with Crippen LogP contribution in [0.4, 0.5) is 5.82 Å². The molecule has 1 amide bonds. The van der Waals surface area contributed by atoms with Crippen molar-refractivity contribution in [1.82, 2.24) is 24.7 Å². The van der Waals surface area contributed by atoms with Crippen molar-refractivity contribution in [3.63, 3.8) is 0 Å². The first-order valence-electron chi connectivity index (χ1n) is 11.1. The van der Waals surface area contributed by atoms with E-state index in [1.165, 1.54) is 19.3 Å². The van der Waals surface area contributed by atoms with E-state index >= 15 is 0 Å². The number of piperidine rings is 2. The van der Waals surface area contributed by atoms with Crippen LogP contribution in [0.5, 0.6) is 0 Å². The van der Waals surface area contributed by atoms with Crippen molar-refractivity contribution in [3.05, 3.63) is 18.0 Å². The second-order valence-corrected chi connectivity index (χ2v) is 8.03. The molecular weight excluding hydrogens is 384 g/mol. The Labute approximate surface area is 176 Å². The fraction of sp³-hybridized carbons (Fsp3) is 0.667. The molecule has 30 heavy (non-hydrogen) atoms. The van der Waals surface area contributed by atoms with E-state index in [0.29, 0.717) is 56.9 Å². The standard InChI is InChI=1S/C21H30N6O3/c1-2-30-21(29)16-10-14-26(15-11-16)20(28)9-8-18-23-22-17-6-7-19(24-27(17)18)25-12-4-3-5-13-25/h6-7,16H,2-5,8-15H2,1H3. The van der Waals surface area contributed by atoms with Crippen molar-refractivity contribution < 1.29 is 14.3 Å². The first-order chi connectivity index (χ1) is 14.7. The predicted octanol–water partition coefficient (Wildman–Crippen LogP) is 1.85.